The molecule has 0 saturated heterocycles. The van der Waals surface area contributed by atoms with E-state index in [2.05, 4.69) is 20.6 Å². The lowest BCUT2D eigenvalue weighted by Gasteiger charge is -2.25. The second-order valence-corrected chi connectivity index (χ2v) is 8.69. The van der Waals surface area contributed by atoms with Crippen molar-refractivity contribution in [1.29, 1.82) is 0 Å². The Balaban J connectivity index is 1.38. The molecule has 0 aliphatic carbocycles. The molecule has 0 unspecified atom stereocenters. The quantitative estimate of drug-likeness (QED) is 0.482. The minimum absolute atomic E-state index is 0.203. The Morgan fingerprint density at radius 2 is 1.83 bits per heavy atom. The number of hydrogen-bond donors (Lipinski definition) is 1. The fraction of sp³-hybridized carbons (Fsp3) is 0.238. The minimum atomic E-state index is -1.02. The fourth-order valence-corrected chi connectivity index (χ4v) is 3.85. The van der Waals surface area contributed by atoms with Crippen molar-refractivity contribution in [1.82, 2.24) is 25.1 Å². The molecular weight excluding hydrogens is 422 g/mol. The predicted octanol–water partition coefficient (Wildman–Crippen LogP) is 4.29. The highest BCUT2D eigenvalue weighted by molar-refractivity contribution is 7.19. The number of nitrogens with one attached hydrogen (secondary N) is 1. The summed E-state index contributed by atoms with van der Waals surface area (Å²) in [6.07, 6.45) is 0. The number of aryl methyl sites for hydroxylation is 1. The third-order valence-electron chi connectivity index (χ3n) is 4.53. The molecule has 2 aromatic carbocycles. The van der Waals surface area contributed by atoms with Gasteiger partial charge in [-0.15, -0.1) is 10.2 Å². The van der Waals surface area contributed by atoms with Crippen LogP contribution >= 0.6 is 22.9 Å². The standard InChI is InChI=1S/C21H20ClN5O2S/c1-13-24-25-20-27(13)26-18(30-20)15-6-4-14(5-7-15)12-23-19(28)21(2,3)29-17-10-8-16(22)9-11-17/h4-11H,12H2,1-3H3,(H,23,28). The van der Waals surface area contributed by atoms with Gasteiger partial charge in [0.25, 0.3) is 5.91 Å². The molecule has 4 aromatic rings. The zero-order valence-electron chi connectivity index (χ0n) is 16.7. The summed E-state index contributed by atoms with van der Waals surface area (Å²) in [5.41, 5.74) is 0.954. The van der Waals surface area contributed by atoms with Crippen molar-refractivity contribution in [3.05, 3.63) is 64.9 Å². The highest BCUT2D eigenvalue weighted by Gasteiger charge is 2.29. The number of fused-ring (bicyclic) bond motifs is 1. The summed E-state index contributed by atoms with van der Waals surface area (Å²) in [5, 5.41) is 17.0. The van der Waals surface area contributed by atoms with Crippen LogP contribution in [-0.4, -0.2) is 31.3 Å². The highest BCUT2D eigenvalue weighted by Crippen LogP contribution is 2.26. The van der Waals surface area contributed by atoms with E-state index in [1.165, 1.54) is 11.3 Å². The normalized spacial score (nSPS) is 11.6. The van der Waals surface area contributed by atoms with E-state index in [4.69, 9.17) is 16.3 Å². The third-order valence-corrected chi connectivity index (χ3v) is 5.73. The Hall–Kier alpha value is -2.97. The molecule has 0 aliphatic rings. The summed E-state index contributed by atoms with van der Waals surface area (Å²) in [4.78, 5) is 13.4. The van der Waals surface area contributed by atoms with Crippen molar-refractivity contribution in [2.75, 3.05) is 0 Å². The van der Waals surface area contributed by atoms with Crippen LogP contribution in [0.15, 0.2) is 48.5 Å². The van der Waals surface area contributed by atoms with Gasteiger partial charge in [0.1, 0.15) is 10.8 Å². The molecule has 2 heterocycles. The number of nitrogens with zero attached hydrogens (tertiary/aromatic N) is 4. The first-order valence-corrected chi connectivity index (χ1v) is 10.5. The molecule has 4 rings (SSSR count). The molecule has 0 saturated carbocycles. The van der Waals surface area contributed by atoms with Gasteiger partial charge >= 0.3 is 0 Å². The Morgan fingerprint density at radius 3 is 2.50 bits per heavy atom. The summed E-state index contributed by atoms with van der Waals surface area (Å²) in [7, 11) is 0. The van der Waals surface area contributed by atoms with Crippen LogP contribution in [0.2, 0.25) is 5.02 Å². The van der Waals surface area contributed by atoms with E-state index >= 15 is 0 Å². The molecule has 0 fully saturated rings. The smallest absolute Gasteiger partial charge is 0.263 e. The van der Waals surface area contributed by atoms with Crippen molar-refractivity contribution in [2.24, 2.45) is 0 Å². The van der Waals surface area contributed by atoms with E-state index < -0.39 is 5.60 Å². The van der Waals surface area contributed by atoms with Gasteiger partial charge in [-0.25, -0.2) is 0 Å². The van der Waals surface area contributed by atoms with Crippen LogP contribution in [0.1, 0.15) is 25.2 Å². The van der Waals surface area contributed by atoms with Gasteiger partial charge in [-0.3, -0.25) is 4.79 Å². The van der Waals surface area contributed by atoms with Crippen molar-refractivity contribution in [3.63, 3.8) is 0 Å². The van der Waals surface area contributed by atoms with E-state index in [-0.39, 0.29) is 5.91 Å². The van der Waals surface area contributed by atoms with E-state index in [0.29, 0.717) is 17.3 Å². The van der Waals surface area contributed by atoms with E-state index in [0.717, 1.165) is 26.9 Å². The number of rotatable bonds is 6. The number of carbonyl (C=O) groups is 1. The van der Waals surface area contributed by atoms with Crippen LogP contribution in [0.4, 0.5) is 0 Å². The van der Waals surface area contributed by atoms with Crippen LogP contribution < -0.4 is 10.1 Å². The topological polar surface area (TPSA) is 81.4 Å². The van der Waals surface area contributed by atoms with Crippen molar-refractivity contribution >= 4 is 33.8 Å². The highest BCUT2D eigenvalue weighted by atomic mass is 35.5. The van der Waals surface area contributed by atoms with E-state index in [1.54, 1.807) is 42.6 Å². The molecule has 30 heavy (non-hydrogen) atoms. The molecule has 154 valence electrons. The van der Waals surface area contributed by atoms with Gasteiger partial charge < -0.3 is 10.1 Å². The molecule has 7 nitrogen and oxygen atoms in total. The van der Waals surface area contributed by atoms with Gasteiger partial charge in [-0.2, -0.15) is 9.61 Å². The van der Waals surface area contributed by atoms with Crippen molar-refractivity contribution in [3.8, 4) is 16.3 Å². The SMILES string of the molecule is Cc1nnc2sc(-c3ccc(CNC(=O)C(C)(C)Oc4ccc(Cl)cc4)cc3)nn12. The largest absolute Gasteiger partial charge is 0.478 e. The number of carbonyl (C=O) groups excluding carboxylic acids is 1. The molecule has 0 bridgehead atoms. The lowest BCUT2D eigenvalue weighted by Crippen LogP contribution is -2.46. The van der Waals surface area contributed by atoms with Crippen LogP contribution in [-0.2, 0) is 11.3 Å². The maximum atomic E-state index is 12.6. The zero-order chi connectivity index (χ0) is 21.3. The molecule has 0 spiro atoms. The second kappa shape index (κ2) is 8.04. The number of hydrogen-bond acceptors (Lipinski definition) is 6. The molecule has 1 amide bonds. The molecule has 0 atom stereocenters. The zero-order valence-corrected chi connectivity index (χ0v) is 18.3. The predicted molar refractivity (Wildman–Crippen MR) is 117 cm³/mol. The number of amides is 1. The summed E-state index contributed by atoms with van der Waals surface area (Å²) < 4.78 is 7.56. The molecule has 1 N–H and O–H groups in total. The van der Waals surface area contributed by atoms with Gasteiger partial charge in [0.05, 0.1) is 0 Å². The number of ether oxygens (including phenoxy) is 1. The fourth-order valence-electron chi connectivity index (χ4n) is 2.84. The first-order valence-electron chi connectivity index (χ1n) is 9.33. The summed E-state index contributed by atoms with van der Waals surface area (Å²) in [6.45, 7) is 5.73. The van der Waals surface area contributed by atoms with Crippen LogP contribution in [0.25, 0.3) is 15.5 Å². The lowest BCUT2D eigenvalue weighted by atomic mass is 10.1. The van der Waals surface area contributed by atoms with Crippen molar-refractivity contribution in [2.45, 2.75) is 32.9 Å². The lowest BCUT2D eigenvalue weighted by molar-refractivity contribution is -0.134. The number of halogens is 1. The number of benzene rings is 2. The second-order valence-electron chi connectivity index (χ2n) is 7.29. The molecule has 0 aliphatic heterocycles. The summed E-state index contributed by atoms with van der Waals surface area (Å²) in [6, 6.07) is 14.8. The minimum Gasteiger partial charge on any atom is -0.478 e. The van der Waals surface area contributed by atoms with Gasteiger partial charge in [-0.05, 0) is 50.6 Å². The third kappa shape index (κ3) is 4.29. The van der Waals surface area contributed by atoms with Crippen LogP contribution in [0.3, 0.4) is 0 Å². The monoisotopic (exact) mass is 441 g/mol. The Bertz CT molecular complexity index is 1180. The van der Waals surface area contributed by atoms with Gasteiger partial charge in [0, 0.05) is 17.1 Å². The Kier molecular flexibility index (Phi) is 5.44. The summed E-state index contributed by atoms with van der Waals surface area (Å²) in [5.74, 6) is 1.14. The average molecular weight is 442 g/mol. The van der Waals surface area contributed by atoms with Gasteiger partial charge in [0.2, 0.25) is 4.96 Å². The molecule has 9 heteroatoms. The average Bonchev–Trinajstić information content (AvgIpc) is 3.30. The molecule has 0 radical (unpaired) electrons. The van der Waals surface area contributed by atoms with E-state index in [9.17, 15) is 4.79 Å². The molecule has 2 aromatic heterocycles. The Morgan fingerprint density at radius 1 is 1.13 bits per heavy atom. The maximum Gasteiger partial charge on any atom is 0.263 e. The summed E-state index contributed by atoms with van der Waals surface area (Å²) >= 11 is 7.37. The van der Waals surface area contributed by atoms with Crippen molar-refractivity contribution < 1.29 is 9.53 Å². The van der Waals surface area contributed by atoms with Crippen LogP contribution in [0.5, 0.6) is 5.75 Å². The van der Waals surface area contributed by atoms with Crippen LogP contribution in [0, 0.1) is 6.92 Å². The van der Waals surface area contributed by atoms with E-state index in [1.807, 2.05) is 31.2 Å². The maximum absolute atomic E-state index is 12.6. The van der Waals surface area contributed by atoms with Gasteiger partial charge in [0.15, 0.2) is 11.4 Å². The molecular formula is C21H20ClN5O2S. The first kappa shape index (κ1) is 20.3. The Labute approximate surface area is 182 Å². The number of aromatic nitrogens is 4. The first-order chi connectivity index (χ1) is 14.3. The van der Waals surface area contributed by atoms with Gasteiger partial charge in [-0.1, -0.05) is 47.2 Å².